The van der Waals surface area contributed by atoms with E-state index >= 15 is 0 Å². The first-order valence-electron chi connectivity index (χ1n) is 4.88. The molecular weight excluding hydrogens is 289 g/mol. The van der Waals surface area contributed by atoms with E-state index in [1.54, 1.807) is 6.07 Å². The van der Waals surface area contributed by atoms with E-state index in [1.165, 1.54) is 6.07 Å². The zero-order chi connectivity index (χ0) is 11.8. The molecule has 16 heavy (non-hydrogen) atoms. The maximum atomic E-state index is 11.8. The molecule has 90 valence electrons. The van der Waals surface area contributed by atoms with E-state index < -0.39 is 10.0 Å². The standard InChI is InChI=1S/C9H11Cl2NO2S2/c10-7(6-1-2-6)5-12-16(13,14)9-4-3-8(11)15-9/h3-4,6-7,12H,1-2,5H2. The fraction of sp³-hybridized carbons (Fsp3) is 0.556. The van der Waals surface area contributed by atoms with E-state index in [1.807, 2.05) is 0 Å². The number of alkyl halides is 1. The van der Waals surface area contributed by atoms with E-state index in [-0.39, 0.29) is 16.1 Å². The maximum absolute atomic E-state index is 11.8. The molecule has 1 fully saturated rings. The lowest BCUT2D eigenvalue weighted by atomic mass is 10.3. The van der Waals surface area contributed by atoms with Gasteiger partial charge in [-0.3, -0.25) is 0 Å². The Kier molecular flexibility index (Phi) is 3.81. The van der Waals surface area contributed by atoms with Crippen LogP contribution in [0.1, 0.15) is 12.8 Å². The van der Waals surface area contributed by atoms with E-state index in [4.69, 9.17) is 23.2 Å². The smallest absolute Gasteiger partial charge is 0.209 e. The van der Waals surface area contributed by atoms with Crippen LogP contribution < -0.4 is 4.72 Å². The molecular formula is C9H11Cl2NO2S2. The minimum absolute atomic E-state index is 0.106. The fourth-order valence-corrected chi connectivity index (χ4v) is 4.34. The molecule has 7 heteroatoms. The molecule has 0 radical (unpaired) electrons. The molecule has 1 aromatic heterocycles. The maximum Gasteiger partial charge on any atom is 0.250 e. The summed E-state index contributed by atoms with van der Waals surface area (Å²) in [5, 5.41) is -0.106. The van der Waals surface area contributed by atoms with Crippen LogP contribution in [0, 0.1) is 5.92 Å². The molecule has 1 N–H and O–H groups in total. The summed E-state index contributed by atoms with van der Waals surface area (Å²) in [6.07, 6.45) is 2.20. The zero-order valence-corrected chi connectivity index (χ0v) is 11.5. The highest BCUT2D eigenvalue weighted by Crippen LogP contribution is 2.35. The fourth-order valence-electron chi connectivity index (χ4n) is 1.33. The summed E-state index contributed by atoms with van der Waals surface area (Å²) in [6.45, 7) is 0.282. The quantitative estimate of drug-likeness (QED) is 0.850. The molecule has 0 bridgehead atoms. The van der Waals surface area contributed by atoms with Gasteiger partial charge in [0.25, 0.3) is 0 Å². The molecule has 1 atom stereocenters. The lowest BCUT2D eigenvalue weighted by Crippen LogP contribution is -2.30. The molecule has 1 aliphatic carbocycles. The SMILES string of the molecule is O=S(=O)(NCC(Cl)C1CC1)c1ccc(Cl)s1. The Labute approximate surface area is 109 Å². The number of hydrogen-bond acceptors (Lipinski definition) is 3. The third kappa shape index (κ3) is 3.11. The largest absolute Gasteiger partial charge is 0.250 e. The number of hydrogen-bond donors (Lipinski definition) is 1. The Morgan fingerprint density at radius 1 is 1.50 bits per heavy atom. The normalized spacial score (nSPS) is 18.6. The molecule has 1 unspecified atom stereocenters. The van der Waals surface area contributed by atoms with Crippen LogP contribution in [-0.2, 0) is 10.0 Å². The first kappa shape index (κ1) is 12.6. The van der Waals surface area contributed by atoms with Crippen LogP contribution in [0.5, 0.6) is 0 Å². The number of halogens is 2. The summed E-state index contributed by atoms with van der Waals surface area (Å²) < 4.78 is 26.7. The van der Waals surface area contributed by atoms with Crippen LogP contribution >= 0.6 is 34.5 Å². The molecule has 0 spiro atoms. The van der Waals surface area contributed by atoms with Gasteiger partial charge in [-0.05, 0) is 30.9 Å². The van der Waals surface area contributed by atoms with Crippen molar-refractivity contribution >= 4 is 44.6 Å². The summed E-state index contributed by atoms with van der Waals surface area (Å²) in [7, 11) is -3.44. The van der Waals surface area contributed by atoms with Crippen molar-refractivity contribution in [3.63, 3.8) is 0 Å². The Hall–Kier alpha value is 0.190. The molecule has 3 nitrogen and oxygen atoms in total. The van der Waals surface area contributed by atoms with Gasteiger partial charge in [-0.2, -0.15) is 0 Å². The third-order valence-corrected chi connectivity index (χ3v) is 6.07. The van der Waals surface area contributed by atoms with E-state index in [0.29, 0.717) is 10.3 Å². The van der Waals surface area contributed by atoms with Crippen LogP contribution in [0.25, 0.3) is 0 Å². The van der Waals surface area contributed by atoms with Gasteiger partial charge in [0.15, 0.2) is 0 Å². The van der Waals surface area contributed by atoms with Crippen molar-refractivity contribution in [1.29, 1.82) is 0 Å². The second-order valence-electron chi connectivity index (χ2n) is 3.76. The van der Waals surface area contributed by atoms with Crippen molar-refractivity contribution in [2.24, 2.45) is 5.92 Å². The molecule has 0 aromatic carbocycles. The summed E-state index contributed by atoms with van der Waals surface area (Å²) in [6, 6.07) is 3.07. The van der Waals surface area contributed by atoms with Gasteiger partial charge in [-0.1, -0.05) is 11.6 Å². The first-order chi connectivity index (χ1) is 7.49. The number of thiophene rings is 1. The summed E-state index contributed by atoms with van der Waals surface area (Å²) in [5.74, 6) is 0.469. The molecule has 0 aliphatic heterocycles. The average molecular weight is 300 g/mol. The first-order valence-corrected chi connectivity index (χ1v) is 7.99. The summed E-state index contributed by atoms with van der Waals surface area (Å²) in [4.78, 5) is 0. The van der Waals surface area contributed by atoms with Crippen molar-refractivity contribution in [3.8, 4) is 0 Å². The second-order valence-corrected chi connectivity index (χ2v) is 8.03. The van der Waals surface area contributed by atoms with Crippen molar-refractivity contribution < 1.29 is 8.42 Å². The van der Waals surface area contributed by atoms with Gasteiger partial charge in [-0.25, -0.2) is 13.1 Å². The molecule has 1 saturated carbocycles. The lowest BCUT2D eigenvalue weighted by molar-refractivity contribution is 0.578. The molecule has 0 saturated heterocycles. The summed E-state index contributed by atoms with van der Waals surface area (Å²) >= 11 is 12.8. The van der Waals surface area contributed by atoms with Crippen molar-refractivity contribution in [1.82, 2.24) is 4.72 Å². The number of rotatable bonds is 5. The van der Waals surface area contributed by atoms with E-state index in [9.17, 15) is 8.42 Å². The zero-order valence-electron chi connectivity index (χ0n) is 8.32. The average Bonchev–Trinajstić information content (AvgIpc) is 2.98. The van der Waals surface area contributed by atoms with Gasteiger partial charge in [0, 0.05) is 11.9 Å². The van der Waals surface area contributed by atoms with Gasteiger partial charge >= 0.3 is 0 Å². The molecule has 1 aliphatic rings. The Bertz CT molecular complexity index is 468. The monoisotopic (exact) mass is 299 g/mol. The van der Waals surface area contributed by atoms with Crippen LogP contribution in [0.3, 0.4) is 0 Å². The summed E-state index contributed by atoms with van der Waals surface area (Å²) in [5.41, 5.74) is 0. The third-order valence-electron chi connectivity index (χ3n) is 2.42. The van der Waals surface area contributed by atoms with Crippen LogP contribution in [0.15, 0.2) is 16.3 Å². The van der Waals surface area contributed by atoms with Gasteiger partial charge in [0.05, 0.1) is 4.34 Å². The van der Waals surface area contributed by atoms with Gasteiger partial charge in [-0.15, -0.1) is 22.9 Å². The Balaban J connectivity index is 1.97. The predicted octanol–water partition coefficient (Wildman–Crippen LogP) is 2.70. The highest BCUT2D eigenvalue weighted by molar-refractivity contribution is 7.91. The topological polar surface area (TPSA) is 46.2 Å². The van der Waals surface area contributed by atoms with E-state index in [2.05, 4.69) is 4.72 Å². The van der Waals surface area contributed by atoms with E-state index in [0.717, 1.165) is 24.2 Å². The van der Waals surface area contributed by atoms with Crippen LogP contribution in [0.4, 0.5) is 0 Å². The predicted molar refractivity (Wildman–Crippen MR) is 66.9 cm³/mol. The Morgan fingerprint density at radius 3 is 2.69 bits per heavy atom. The Morgan fingerprint density at radius 2 is 2.19 bits per heavy atom. The van der Waals surface area contributed by atoms with Crippen LogP contribution in [0.2, 0.25) is 4.34 Å². The molecule has 1 heterocycles. The van der Waals surface area contributed by atoms with Crippen molar-refractivity contribution in [2.45, 2.75) is 22.4 Å². The van der Waals surface area contributed by atoms with Gasteiger partial charge in [0.1, 0.15) is 4.21 Å². The highest BCUT2D eigenvalue weighted by atomic mass is 35.5. The minimum atomic E-state index is -3.44. The number of nitrogens with one attached hydrogen (secondary N) is 1. The number of sulfonamides is 1. The minimum Gasteiger partial charge on any atom is -0.209 e. The van der Waals surface area contributed by atoms with Gasteiger partial charge in [0.2, 0.25) is 10.0 Å². The molecule has 2 rings (SSSR count). The van der Waals surface area contributed by atoms with Crippen LogP contribution in [-0.4, -0.2) is 20.3 Å². The molecule has 1 aromatic rings. The highest BCUT2D eigenvalue weighted by Gasteiger charge is 2.30. The molecule has 0 amide bonds. The second kappa shape index (κ2) is 4.82. The van der Waals surface area contributed by atoms with Crippen molar-refractivity contribution in [3.05, 3.63) is 16.5 Å². The lowest BCUT2D eigenvalue weighted by Gasteiger charge is -2.08. The van der Waals surface area contributed by atoms with Gasteiger partial charge < -0.3 is 0 Å². The van der Waals surface area contributed by atoms with Crippen molar-refractivity contribution in [2.75, 3.05) is 6.54 Å².